The zero-order chi connectivity index (χ0) is 15.6. The number of nitrogens with two attached hydrogens (primary N) is 1. The second kappa shape index (κ2) is 5.52. The van der Waals surface area contributed by atoms with E-state index in [0.29, 0.717) is 18.0 Å². The van der Waals surface area contributed by atoms with E-state index < -0.39 is 17.6 Å². The average molecular weight is 302 g/mol. The zero-order valence-electron chi connectivity index (χ0n) is 10.7. The first-order chi connectivity index (χ1) is 9.79. The fraction of sp³-hybridized carbons (Fsp3) is 0.167. The predicted octanol–water partition coefficient (Wildman–Crippen LogP) is 3.02. The maximum atomic E-state index is 13.2. The number of halogens is 4. The van der Waals surface area contributed by atoms with Gasteiger partial charge >= 0.3 is 6.18 Å². The molecule has 0 spiro atoms. The lowest BCUT2D eigenvalue weighted by Crippen LogP contribution is -2.10. The topological polar surface area (TPSA) is 73.1 Å². The SMILES string of the molecule is Cc1nc(NN)cc(Oc2ccc(F)c(C(F)(F)F)c2)n1. The molecule has 21 heavy (non-hydrogen) atoms. The van der Waals surface area contributed by atoms with Crippen LogP contribution in [0.1, 0.15) is 11.4 Å². The van der Waals surface area contributed by atoms with Crippen LogP contribution in [0.15, 0.2) is 24.3 Å². The molecule has 1 aromatic heterocycles. The first-order valence-corrected chi connectivity index (χ1v) is 5.66. The summed E-state index contributed by atoms with van der Waals surface area (Å²) in [4.78, 5) is 7.79. The molecule has 1 aromatic carbocycles. The quantitative estimate of drug-likeness (QED) is 0.518. The number of hydrogen-bond donors (Lipinski definition) is 2. The Balaban J connectivity index is 2.34. The lowest BCUT2D eigenvalue weighted by atomic mass is 10.2. The summed E-state index contributed by atoms with van der Waals surface area (Å²) in [6.45, 7) is 1.56. The van der Waals surface area contributed by atoms with E-state index in [4.69, 9.17) is 10.6 Å². The molecule has 0 fully saturated rings. The second-order valence-corrected chi connectivity index (χ2v) is 4.02. The van der Waals surface area contributed by atoms with Gasteiger partial charge in [-0.3, -0.25) is 0 Å². The first-order valence-electron chi connectivity index (χ1n) is 5.66. The summed E-state index contributed by atoms with van der Waals surface area (Å²) in [5.41, 5.74) is 0.854. The Labute approximate surface area is 116 Å². The number of nitrogen functional groups attached to an aromatic ring is 1. The molecule has 5 nitrogen and oxygen atoms in total. The third-order valence-corrected chi connectivity index (χ3v) is 2.43. The van der Waals surface area contributed by atoms with Crippen molar-refractivity contribution in [3.8, 4) is 11.6 Å². The molecule has 1 heterocycles. The summed E-state index contributed by atoms with van der Waals surface area (Å²) >= 11 is 0. The lowest BCUT2D eigenvalue weighted by molar-refractivity contribution is -0.140. The molecule has 9 heteroatoms. The highest BCUT2D eigenvalue weighted by Crippen LogP contribution is 2.34. The number of ether oxygens (including phenoxy) is 1. The minimum absolute atomic E-state index is 0.0183. The van der Waals surface area contributed by atoms with E-state index >= 15 is 0 Å². The van der Waals surface area contributed by atoms with E-state index in [-0.39, 0.29) is 17.4 Å². The standard InChI is InChI=1S/C12H10F4N4O/c1-6-18-10(20-17)5-11(19-6)21-7-2-3-9(13)8(4-7)12(14,15)16/h2-5H,17H2,1H3,(H,18,19,20). The summed E-state index contributed by atoms with van der Waals surface area (Å²) in [5, 5.41) is 0. The maximum absolute atomic E-state index is 13.2. The number of alkyl halides is 3. The van der Waals surface area contributed by atoms with Gasteiger partial charge in [0.2, 0.25) is 5.88 Å². The average Bonchev–Trinajstić information content (AvgIpc) is 2.39. The summed E-state index contributed by atoms with van der Waals surface area (Å²) in [6, 6.07) is 3.60. The number of hydrazine groups is 1. The van der Waals surface area contributed by atoms with E-state index in [1.807, 2.05) is 0 Å². The highest BCUT2D eigenvalue weighted by atomic mass is 19.4. The van der Waals surface area contributed by atoms with Crippen LogP contribution < -0.4 is 16.0 Å². The molecular formula is C12H10F4N4O. The van der Waals surface area contributed by atoms with Gasteiger partial charge in [-0.1, -0.05) is 0 Å². The Hall–Kier alpha value is -2.42. The van der Waals surface area contributed by atoms with Crippen molar-refractivity contribution in [3.63, 3.8) is 0 Å². The Morgan fingerprint density at radius 1 is 1.19 bits per heavy atom. The summed E-state index contributed by atoms with van der Waals surface area (Å²) in [5.74, 6) is 4.13. The molecule has 3 N–H and O–H groups in total. The Kier molecular flexibility index (Phi) is 3.94. The van der Waals surface area contributed by atoms with Crippen molar-refractivity contribution < 1.29 is 22.3 Å². The predicted molar refractivity (Wildman–Crippen MR) is 66.1 cm³/mol. The molecule has 0 aliphatic carbocycles. The fourth-order valence-electron chi connectivity index (χ4n) is 1.57. The number of nitrogens with one attached hydrogen (secondary N) is 1. The first kappa shape index (κ1) is 15.0. The van der Waals surface area contributed by atoms with Crippen LogP contribution in [-0.2, 0) is 6.18 Å². The van der Waals surface area contributed by atoms with Crippen molar-refractivity contribution in [2.45, 2.75) is 13.1 Å². The number of aryl methyl sites for hydroxylation is 1. The van der Waals surface area contributed by atoms with Crippen molar-refractivity contribution in [3.05, 3.63) is 41.5 Å². The normalized spacial score (nSPS) is 11.3. The molecule has 0 bridgehead atoms. The number of benzene rings is 1. The van der Waals surface area contributed by atoms with Crippen LogP contribution in [-0.4, -0.2) is 9.97 Å². The monoisotopic (exact) mass is 302 g/mol. The van der Waals surface area contributed by atoms with E-state index in [0.717, 1.165) is 6.07 Å². The Morgan fingerprint density at radius 3 is 2.52 bits per heavy atom. The largest absolute Gasteiger partial charge is 0.439 e. The van der Waals surface area contributed by atoms with E-state index in [2.05, 4.69) is 15.4 Å². The maximum Gasteiger partial charge on any atom is 0.419 e. The van der Waals surface area contributed by atoms with Crippen LogP contribution in [0.2, 0.25) is 0 Å². The molecule has 0 unspecified atom stereocenters. The van der Waals surface area contributed by atoms with Gasteiger partial charge in [0.25, 0.3) is 0 Å². The van der Waals surface area contributed by atoms with E-state index in [1.54, 1.807) is 6.92 Å². The van der Waals surface area contributed by atoms with E-state index in [1.165, 1.54) is 6.07 Å². The minimum atomic E-state index is -4.81. The van der Waals surface area contributed by atoms with Gasteiger partial charge in [-0.15, -0.1) is 0 Å². The molecule has 0 saturated heterocycles. The van der Waals surface area contributed by atoms with Crippen LogP contribution in [0.3, 0.4) is 0 Å². The van der Waals surface area contributed by atoms with Gasteiger partial charge in [0, 0.05) is 6.07 Å². The van der Waals surface area contributed by atoms with Gasteiger partial charge in [-0.2, -0.15) is 18.2 Å². The molecule has 2 aromatic rings. The van der Waals surface area contributed by atoms with Crippen molar-refractivity contribution in [1.29, 1.82) is 0 Å². The molecular weight excluding hydrogens is 292 g/mol. The van der Waals surface area contributed by atoms with Gasteiger partial charge in [0.15, 0.2) is 0 Å². The van der Waals surface area contributed by atoms with Crippen molar-refractivity contribution in [1.82, 2.24) is 9.97 Å². The summed E-state index contributed by atoms with van der Waals surface area (Å²) in [7, 11) is 0. The van der Waals surface area contributed by atoms with Gasteiger partial charge < -0.3 is 10.2 Å². The molecule has 0 aliphatic heterocycles. The third-order valence-electron chi connectivity index (χ3n) is 2.43. The summed E-state index contributed by atoms with van der Waals surface area (Å²) in [6.07, 6.45) is -4.81. The highest BCUT2D eigenvalue weighted by Gasteiger charge is 2.34. The molecule has 0 saturated carbocycles. The molecule has 0 amide bonds. The van der Waals surface area contributed by atoms with Gasteiger partial charge in [0.1, 0.15) is 23.2 Å². The molecule has 0 radical (unpaired) electrons. The van der Waals surface area contributed by atoms with Gasteiger partial charge in [0.05, 0.1) is 5.56 Å². The Bertz CT molecular complexity index is 660. The van der Waals surface area contributed by atoms with Crippen molar-refractivity contribution in [2.75, 3.05) is 5.43 Å². The zero-order valence-corrected chi connectivity index (χ0v) is 10.7. The van der Waals surface area contributed by atoms with Crippen LogP contribution in [0.5, 0.6) is 11.6 Å². The second-order valence-electron chi connectivity index (χ2n) is 4.02. The van der Waals surface area contributed by atoms with Crippen LogP contribution in [0.25, 0.3) is 0 Å². The highest BCUT2D eigenvalue weighted by molar-refractivity contribution is 5.40. The van der Waals surface area contributed by atoms with Gasteiger partial charge in [-0.25, -0.2) is 15.2 Å². The fourth-order valence-corrected chi connectivity index (χ4v) is 1.57. The number of aromatic nitrogens is 2. The molecule has 112 valence electrons. The van der Waals surface area contributed by atoms with Crippen LogP contribution >= 0.6 is 0 Å². The number of nitrogens with zero attached hydrogens (tertiary/aromatic N) is 2. The van der Waals surface area contributed by atoms with Crippen molar-refractivity contribution >= 4 is 5.82 Å². The smallest absolute Gasteiger partial charge is 0.419 e. The van der Waals surface area contributed by atoms with Gasteiger partial charge in [-0.05, 0) is 25.1 Å². The molecule has 0 aliphatic rings. The summed E-state index contributed by atoms with van der Waals surface area (Å²) < 4.78 is 56.1. The number of hydrogen-bond acceptors (Lipinski definition) is 5. The molecule has 2 rings (SSSR count). The van der Waals surface area contributed by atoms with Crippen LogP contribution in [0.4, 0.5) is 23.4 Å². The lowest BCUT2D eigenvalue weighted by Gasteiger charge is -2.11. The Morgan fingerprint density at radius 2 is 1.90 bits per heavy atom. The van der Waals surface area contributed by atoms with E-state index in [9.17, 15) is 17.6 Å². The third kappa shape index (κ3) is 3.57. The van der Waals surface area contributed by atoms with Crippen LogP contribution in [0, 0.1) is 12.7 Å². The number of anilines is 1. The molecule has 0 atom stereocenters. The number of rotatable bonds is 3. The van der Waals surface area contributed by atoms with Crippen molar-refractivity contribution in [2.24, 2.45) is 5.84 Å². The minimum Gasteiger partial charge on any atom is -0.439 e.